The zero-order chi connectivity index (χ0) is 9.82. The molecule has 0 N–H and O–H groups in total. The monoisotopic (exact) mass is 285 g/mol. The fourth-order valence-corrected chi connectivity index (χ4v) is 0.887. The fraction of sp³-hybridized carbons (Fsp3) is 0.333. The van der Waals surface area contributed by atoms with Gasteiger partial charge in [0.25, 0.3) is 0 Å². The molecule has 0 heterocycles. The maximum absolute atomic E-state index is 10.6. The molecule has 0 unspecified atom stereocenters. The normalized spacial score (nSPS) is 8.58. The summed E-state index contributed by atoms with van der Waals surface area (Å²) in [6, 6.07) is 0. The van der Waals surface area contributed by atoms with Crippen LogP contribution in [0.25, 0.3) is 0 Å². The number of hydrogen-bond acceptors (Lipinski definition) is 4. The molecule has 0 aromatic carbocycles. The Hall–Kier alpha value is 0.170. The SMILES string of the molecule is C=CCO[PH](=O)OCC=C.[O]=[Ag]. The van der Waals surface area contributed by atoms with Crippen molar-refractivity contribution in [2.45, 2.75) is 0 Å². The minimum atomic E-state index is -2.31. The summed E-state index contributed by atoms with van der Waals surface area (Å²) in [5.74, 6) is 0. The van der Waals surface area contributed by atoms with E-state index in [2.05, 4.69) is 22.2 Å². The van der Waals surface area contributed by atoms with Gasteiger partial charge in [0.1, 0.15) is 0 Å². The third-order valence-electron chi connectivity index (χ3n) is 0.638. The maximum atomic E-state index is 10.6. The van der Waals surface area contributed by atoms with Gasteiger partial charge in [-0.15, -0.1) is 13.2 Å². The molecule has 12 heavy (non-hydrogen) atoms. The van der Waals surface area contributed by atoms with Crippen molar-refractivity contribution in [3.05, 3.63) is 25.3 Å². The first-order chi connectivity index (χ1) is 5.81. The molecule has 0 saturated carbocycles. The predicted octanol–water partition coefficient (Wildman–Crippen LogP) is 1.66. The molecule has 6 heteroatoms. The van der Waals surface area contributed by atoms with Crippen LogP contribution in [0.5, 0.6) is 0 Å². The molecule has 0 atom stereocenters. The molecule has 0 radical (unpaired) electrons. The summed E-state index contributed by atoms with van der Waals surface area (Å²) in [7, 11) is -2.31. The van der Waals surface area contributed by atoms with Gasteiger partial charge in [-0.1, -0.05) is 12.2 Å². The van der Waals surface area contributed by atoms with Crippen molar-refractivity contribution >= 4 is 8.25 Å². The molecule has 0 rings (SSSR count). The fourth-order valence-electron chi connectivity index (χ4n) is 0.296. The second-order valence-electron chi connectivity index (χ2n) is 1.45. The first-order valence-electron chi connectivity index (χ1n) is 2.95. The Morgan fingerprint density at radius 1 is 1.17 bits per heavy atom. The van der Waals surface area contributed by atoms with Crippen LogP contribution in [0.2, 0.25) is 0 Å². The Bertz CT molecular complexity index is 136. The van der Waals surface area contributed by atoms with Crippen LogP contribution in [-0.4, -0.2) is 13.2 Å². The minimum absolute atomic E-state index is 0.259. The van der Waals surface area contributed by atoms with Gasteiger partial charge in [-0.2, -0.15) is 0 Å². The van der Waals surface area contributed by atoms with Crippen molar-refractivity contribution in [2.75, 3.05) is 13.2 Å². The molecule has 0 fully saturated rings. The first-order valence-corrected chi connectivity index (χ1v) is 4.78. The van der Waals surface area contributed by atoms with Gasteiger partial charge in [0.15, 0.2) is 0 Å². The summed E-state index contributed by atoms with van der Waals surface area (Å²) in [6.07, 6.45) is 3.03. The van der Waals surface area contributed by atoms with Gasteiger partial charge in [0.2, 0.25) is 0 Å². The summed E-state index contributed by atoms with van der Waals surface area (Å²) >= 11 is 1.70. The second kappa shape index (κ2) is 13.7. The average Bonchev–Trinajstić information content (AvgIpc) is 2.14. The average molecular weight is 286 g/mol. The summed E-state index contributed by atoms with van der Waals surface area (Å²) < 4.78 is 28.0. The van der Waals surface area contributed by atoms with Crippen LogP contribution in [0.1, 0.15) is 0 Å². The Morgan fingerprint density at radius 2 is 1.50 bits per heavy atom. The van der Waals surface area contributed by atoms with E-state index in [1.54, 1.807) is 21.0 Å². The van der Waals surface area contributed by atoms with Crippen LogP contribution in [0.3, 0.4) is 0 Å². The van der Waals surface area contributed by atoms with Crippen molar-refractivity contribution in [2.24, 2.45) is 0 Å². The Labute approximate surface area is 84.8 Å². The quantitative estimate of drug-likeness (QED) is 0.423. The van der Waals surface area contributed by atoms with Gasteiger partial charge in [0.05, 0.1) is 13.2 Å². The number of hydrogen-bond donors (Lipinski definition) is 0. The molecular weight excluding hydrogens is 275 g/mol. The van der Waals surface area contributed by atoms with Gasteiger partial charge >= 0.3 is 32.5 Å². The van der Waals surface area contributed by atoms with E-state index >= 15 is 0 Å². The molecule has 0 aliphatic rings. The third-order valence-corrected chi connectivity index (χ3v) is 1.44. The summed E-state index contributed by atoms with van der Waals surface area (Å²) in [6.45, 7) is 7.30. The molecule has 0 spiro atoms. The molecule has 0 bridgehead atoms. The van der Waals surface area contributed by atoms with E-state index < -0.39 is 8.25 Å². The van der Waals surface area contributed by atoms with Gasteiger partial charge in [-0.25, -0.2) is 0 Å². The summed E-state index contributed by atoms with van der Waals surface area (Å²) in [5, 5.41) is 0. The Morgan fingerprint density at radius 3 is 1.75 bits per heavy atom. The van der Waals surface area contributed by atoms with E-state index in [-0.39, 0.29) is 13.2 Å². The zero-order valence-electron chi connectivity index (χ0n) is 6.42. The van der Waals surface area contributed by atoms with Crippen LogP contribution in [0.4, 0.5) is 0 Å². The van der Waals surface area contributed by atoms with Gasteiger partial charge < -0.3 is 9.05 Å². The van der Waals surface area contributed by atoms with Crippen molar-refractivity contribution in [1.82, 2.24) is 0 Å². The molecule has 0 aliphatic carbocycles. The van der Waals surface area contributed by atoms with Crippen LogP contribution < -0.4 is 0 Å². The zero-order valence-corrected chi connectivity index (χ0v) is 8.90. The van der Waals surface area contributed by atoms with Gasteiger partial charge in [-0.3, -0.25) is 4.57 Å². The predicted molar refractivity (Wildman–Crippen MR) is 42.0 cm³/mol. The Kier molecular flexibility index (Phi) is 16.8. The second-order valence-corrected chi connectivity index (χ2v) is 2.53. The van der Waals surface area contributed by atoms with E-state index in [4.69, 9.17) is 3.25 Å². The van der Waals surface area contributed by atoms with E-state index in [0.717, 1.165) is 0 Å². The molecule has 0 aliphatic heterocycles. The van der Waals surface area contributed by atoms with Crippen molar-refractivity contribution in [3.8, 4) is 0 Å². The van der Waals surface area contributed by atoms with E-state index in [1.165, 1.54) is 12.2 Å². The van der Waals surface area contributed by atoms with E-state index in [1.807, 2.05) is 0 Å². The molecule has 0 aromatic rings. The summed E-state index contributed by atoms with van der Waals surface area (Å²) in [4.78, 5) is 0. The van der Waals surface area contributed by atoms with Crippen LogP contribution in [0, 0.1) is 0 Å². The van der Waals surface area contributed by atoms with Crippen LogP contribution in [-0.2, 0) is 37.9 Å². The molecule has 0 amide bonds. The third kappa shape index (κ3) is 12.8. The van der Waals surface area contributed by atoms with Crippen LogP contribution in [0.15, 0.2) is 25.3 Å². The molecule has 75 valence electrons. The van der Waals surface area contributed by atoms with Gasteiger partial charge in [0, 0.05) is 0 Å². The first kappa shape index (κ1) is 14.7. The summed E-state index contributed by atoms with van der Waals surface area (Å²) in [5.41, 5.74) is 0. The van der Waals surface area contributed by atoms with E-state index in [0.29, 0.717) is 0 Å². The van der Waals surface area contributed by atoms with E-state index in [9.17, 15) is 4.57 Å². The Balaban J connectivity index is 0. The number of rotatable bonds is 6. The van der Waals surface area contributed by atoms with Crippen molar-refractivity contribution in [1.29, 1.82) is 0 Å². The molecule has 0 saturated heterocycles. The molecular formula is C6H11AgO4P. The topological polar surface area (TPSA) is 52.6 Å². The van der Waals surface area contributed by atoms with Crippen LogP contribution >= 0.6 is 8.25 Å². The molecule has 0 aromatic heterocycles. The van der Waals surface area contributed by atoms with Gasteiger partial charge in [-0.05, 0) is 0 Å². The molecule has 4 nitrogen and oxygen atoms in total. The van der Waals surface area contributed by atoms with Crippen molar-refractivity contribution in [3.63, 3.8) is 0 Å². The van der Waals surface area contributed by atoms with Crippen molar-refractivity contribution < 1.29 is 37.9 Å². The standard InChI is InChI=1S/C6H11O3P.Ag.O/c1-3-5-8-10(7)9-6-4-2;;/h3-4,10H,1-2,5-6H2;;.